The summed E-state index contributed by atoms with van der Waals surface area (Å²) in [5, 5.41) is 12.4. The van der Waals surface area contributed by atoms with Gasteiger partial charge in [-0.3, -0.25) is 9.59 Å². The normalized spacial score (nSPS) is 15.1. The summed E-state index contributed by atoms with van der Waals surface area (Å²) in [4.78, 5) is 24.3. The van der Waals surface area contributed by atoms with Gasteiger partial charge in [0.05, 0.1) is 11.1 Å². The van der Waals surface area contributed by atoms with Gasteiger partial charge in [0.25, 0.3) is 0 Å². The van der Waals surface area contributed by atoms with Crippen LogP contribution in [0.4, 0.5) is 5.69 Å². The minimum absolute atomic E-state index is 0.198. The molecule has 6 heteroatoms. The van der Waals surface area contributed by atoms with Gasteiger partial charge in [0.15, 0.2) is 11.5 Å². The standard InChI is InChI=1S/C19H19NO5/c1-19(18(22)23,13-6-3-2-4-7-13)12-16(21)20-14-8-5-9-15-17(14)25-11-10-24-15/h2-9H,10-12H2,1H3,(H,20,21)(H,22,23)/t19-/m0/s1. The number of ether oxygens (including phenoxy) is 2. The van der Waals surface area contributed by atoms with Crippen LogP contribution in [0, 0.1) is 0 Å². The van der Waals surface area contributed by atoms with E-state index >= 15 is 0 Å². The molecule has 0 saturated heterocycles. The lowest BCUT2D eigenvalue weighted by Gasteiger charge is -2.25. The van der Waals surface area contributed by atoms with Crippen molar-refractivity contribution in [3.8, 4) is 11.5 Å². The van der Waals surface area contributed by atoms with Crippen LogP contribution >= 0.6 is 0 Å². The summed E-state index contributed by atoms with van der Waals surface area (Å²) in [6.07, 6.45) is -0.198. The second-order valence-corrected chi connectivity index (χ2v) is 6.06. The molecule has 1 aliphatic heterocycles. The van der Waals surface area contributed by atoms with Crippen LogP contribution < -0.4 is 14.8 Å². The molecule has 0 spiro atoms. The van der Waals surface area contributed by atoms with E-state index in [2.05, 4.69) is 5.32 Å². The number of hydrogen-bond acceptors (Lipinski definition) is 4. The van der Waals surface area contributed by atoms with Crippen LogP contribution in [0.2, 0.25) is 0 Å². The van der Waals surface area contributed by atoms with E-state index in [4.69, 9.17) is 9.47 Å². The predicted octanol–water partition coefficient (Wildman–Crippen LogP) is 2.83. The molecule has 2 aromatic carbocycles. The molecule has 6 nitrogen and oxygen atoms in total. The number of anilines is 1. The largest absolute Gasteiger partial charge is 0.486 e. The Kier molecular flexibility index (Phi) is 4.61. The minimum atomic E-state index is -1.32. The lowest BCUT2D eigenvalue weighted by Crippen LogP contribution is -2.36. The number of carboxylic acids is 1. The van der Waals surface area contributed by atoms with Crippen LogP contribution in [-0.4, -0.2) is 30.2 Å². The first-order valence-corrected chi connectivity index (χ1v) is 7.98. The number of hydrogen-bond donors (Lipinski definition) is 2. The van der Waals surface area contributed by atoms with Crippen molar-refractivity contribution in [3.05, 3.63) is 54.1 Å². The number of carbonyl (C=O) groups is 2. The van der Waals surface area contributed by atoms with Crippen LogP contribution in [0.15, 0.2) is 48.5 Å². The average molecular weight is 341 g/mol. The van der Waals surface area contributed by atoms with Gasteiger partial charge in [-0.15, -0.1) is 0 Å². The summed E-state index contributed by atoms with van der Waals surface area (Å²) in [7, 11) is 0. The van der Waals surface area contributed by atoms with Crippen molar-refractivity contribution in [2.75, 3.05) is 18.5 Å². The maximum Gasteiger partial charge on any atom is 0.314 e. The smallest absolute Gasteiger partial charge is 0.314 e. The molecular formula is C19H19NO5. The van der Waals surface area contributed by atoms with E-state index in [1.807, 2.05) is 0 Å². The van der Waals surface area contributed by atoms with Gasteiger partial charge in [0, 0.05) is 6.42 Å². The molecule has 2 N–H and O–H groups in total. The first-order valence-electron chi connectivity index (χ1n) is 7.98. The fraction of sp³-hybridized carbons (Fsp3) is 0.263. The fourth-order valence-electron chi connectivity index (χ4n) is 2.79. The van der Waals surface area contributed by atoms with E-state index in [1.165, 1.54) is 0 Å². The van der Waals surface area contributed by atoms with Gasteiger partial charge in [-0.1, -0.05) is 36.4 Å². The van der Waals surface area contributed by atoms with Gasteiger partial charge in [-0.2, -0.15) is 0 Å². The van der Waals surface area contributed by atoms with Crippen molar-refractivity contribution < 1.29 is 24.2 Å². The highest BCUT2D eigenvalue weighted by molar-refractivity contribution is 5.97. The predicted molar refractivity (Wildman–Crippen MR) is 92.1 cm³/mol. The Morgan fingerprint density at radius 1 is 1.08 bits per heavy atom. The molecule has 3 rings (SSSR count). The van der Waals surface area contributed by atoms with Gasteiger partial charge in [-0.25, -0.2) is 0 Å². The van der Waals surface area contributed by atoms with Crippen LogP contribution in [0.25, 0.3) is 0 Å². The number of amides is 1. The van der Waals surface area contributed by atoms with E-state index in [0.29, 0.717) is 36.0 Å². The zero-order valence-electron chi connectivity index (χ0n) is 13.8. The lowest BCUT2D eigenvalue weighted by atomic mass is 9.79. The summed E-state index contributed by atoms with van der Waals surface area (Å²) in [5.41, 5.74) is -0.271. The van der Waals surface area contributed by atoms with E-state index in [0.717, 1.165) is 0 Å². The monoisotopic (exact) mass is 341 g/mol. The van der Waals surface area contributed by atoms with Crippen molar-refractivity contribution in [1.29, 1.82) is 0 Å². The molecule has 2 aromatic rings. The second kappa shape index (κ2) is 6.84. The van der Waals surface area contributed by atoms with Crippen LogP contribution in [0.1, 0.15) is 18.9 Å². The first-order chi connectivity index (χ1) is 12.0. The number of benzene rings is 2. The summed E-state index contributed by atoms with van der Waals surface area (Å²) in [6.45, 7) is 2.40. The van der Waals surface area contributed by atoms with Crippen molar-refractivity contribution in [2.45, 2.75) is 18.8 Å². The number of nitrogens with one attached hydrogen (secondary N) is 1. The summed E-state index contributed by atoms with van der Waals surface area (Å²) < 4.78 is 11.0. The van der Waals surface area contributed by atoms with Crippen molar-refractivity contribution in [3.63, 3.8) is 0 Å². The third-order valence-corrected chi connectivity index (χ3v) is 4.24. The molecule has 25 heavy (non-hydrogen) atoms. The second-order valence-electron chi connectivity index (χ2n) is 6.06. The van der Waals surface area contributed by atoms with Crippen LogP contribution in [0.5, 0.6) is 11.5 Å². The number of para-hydroxylation sites is 1. The lowest BCUT2D eigenvalue weighted by molar-refractivity contribution is -0.145. The van der Waals surface area contributed by atoms with E-state index in [9.17, 15) is 14.7 Å². The zero-order chi connectivity index (χ0) is 17.9. The van der Waals surface area contributed by atoms with Gasteiger partial charge in [0.1, 0.15) is 13.2 Å². The molecule has 1 heterocycles. The number of rotatable bonds is 5. The van der Waals surface area contributed by atoms with Crippen molar-refractivity contribution >= 4 is 17.6 Å². The molecule has 0 unspecified atom stereocenters. The highest BCUT2D eigenvalue weighted by Crippen LogP contribution is 2.38. The molecule has 0 aliphatic carbocycles. The first kappa shape index (κ1) is 16.8. The van der Waals surface area contributed by atoms with Crippen LogP contribution in [-0.2, 0) is 15.0 Å². The SMILES string of the molecule is C[C@@](CC(=O)Nc1cccc2c1OCCO2)(C(=O)O)c1ccccc1. The molecule has 0 fully saturated rings. The number of aliphatic carboxylic acids is 1. The minimum Gasteiger partial charge on any atom is -0.486 e. The summed E-state index contributed by atoms with van der Waals surface area (Å²) >= 11 is 0. The van der Waals surface area contributed by atoms with Gasteiger partial charge in [0.2, 0.25) is 5.91 Å². The van der Waals surface area contributed by atoms with Crippen molar-refractivity contribution in [2.24, 2.45) is 0 Å². The highest BCUT2D eigenvalue weighted by Gasteiger charge is 2.37. The highest BCUT2D eigenvalue weighted by atomic mass is 16.6. The summed E-state index contributed by atoms with van der Waals surface area (Å²) in [6, 6.07) is 13.9. The third kappa shape index (κ3) is 3.42. The molecule has 0 bridgehead atoms. The van der Waals surface area contributed by atoms with Gasteiger partial charge < -0.3 is 19.9 Å². The van der Waals surface area contributed by atoms with Gasteiger partial charge >= 0.3 is 5.97 Å². The number of carboxylic acid groups (broad SMARTS) is 1. The molecule has 1 aliphatic rings. The number of carbonyl (C=O) groups excluding carboxylic acids is 1. The quantitative estimate of drug-likeness (QED) is 0.873. The molecule has 0 saturated carbocycles. The molecule has 1 atom stereocenters. The molecule has 0 aromatic heterocycles. The Hall–Kier alpha value is -3.02. The fourth-order valence-corrected chi connectivity index (χ4v) is 2.79. The third-order valence-electron chi connectivity index (χ3n) is 4.24. The van der Waals surface area contributed by atoms with Crippen LogP contribution in [0.3, 0.4) is 0 Å². The van der Waals surface area contributed by atoms with Gasteiger partial charge in [-0.05, 0) is 24.6 Å². The number of fused-ring (bicyclic) bond motifs is 1. The maximum atomic E-state index is 12.5. The van der Waals surface area contributed by atoms with Crippen molar-refractivity contribution in [1.82, 2.24) is 0 Å². The molecule has 130 valence electrons. The topological polar surface area (TPSA) is 84.9 Å². The van der Waals surface area contributed by atoms with E-state index in [-0.39, 0.29) is 6.42 Å². The Labute approximate surface area is 145 Å². The maximum absolute atomic E-state index is 12.5. The molecule has 1 amide bonds. The Bertz CT molecular complexity index is 790. The Balaban J connectivity index is 1.81. The molecular weight excluding hydrogens is 322 g/mol. The average Bonchev–Trinajstić information content (AvgIpc) is 2.62. The molecule has 0 radical (unpaired) electrons. The summed E-state index contributed by atoms with van der Waals surface area (Å²) in [5.74, 6) is -0.424. The van der Waals surface area contributed by atoms with E-state index < -0.39 is 17.3 Å². The zero-order valence-corrected chi connectivity index (χ0v) is 13.8. The Morgan fingerprint density at radius 3 is 2.52 bits per heavy atom. The Morgan fingerprint density at radius 2 is 1.80 bits per heavy atom. The van der Waals surface area contributed by atoms with E-state index in [1.54, 1.807) is 55.5 Å².